The number of nitrogens with zero attached hydrogens (tertiary/aromatic N) is 2. The summed E-state index contributed by atoms with van der Waals surface area (Å²) in [7, 11) is 6.75. The van der Waals surface area contributed by atoms with Crippen LogP contribution in [0.4, 0.5) is 0 Å². The number of aryl methyl sites for hydroxylation is 1. The predicted octanol–water partition coefficient (Wildman–Crippen LogP) is 1.71. The summed E-state index contributed by atoms with van der Waals surface area (Å²) in [4.78, 5) is 12.1. The van der Waals surface area contributed by atoms with Gasteiger partial charge in [-0.05, 0) is 31.2 Å². The largest absolute Gasteiger partial charge is 0.498 e. The second kappa shape index (κ2) is 6.47. The Morgan fingerprint density at radius 1 is 1.14 bits per heavy atom. The molecule has 0 atom stereocenters. The average molecular weight is 301 g/mol. The highest BCUT2D eigenvalue weighted by molar-refractivity contribution is 5.74. The Bertz CT molecular complexity index is 754. The van der Waals surface area contributed by atoms with Crippen LogP contribution >= 0.6 is 0 Å². The summed E-state index contributed by atoms with van der Waals surface area (Å²) in [5, 5.41) is 0. The van der Waals surface area contributed by atoms with Gasteiger partial charge < -0.3 is 9.47 Å². The molecule has 0 spiro atoms. The predicted molar refractivity (Wildman–Crippen MR) is 86.1 cm³/mol. The quantitative estimate of drug-likeness (QED) is 0.808. The van der Waals surface area contributed by atoms with E-state index >= 15 is 0 Å². The lowest BCUT2D eigenvalue weighted by atomic mass is 10.1. The Kier molecular flexibility index (Phi) is 4.65. The van der Waals surface area contributed by atoms with E-state index in [1.807, 2.05) is 43.3 Å². The van der Waals surface area contributed by atoms with Crippen LogP contribution in [-0.2, 0) is 14.1 Å². The van der Waals surface area contributed by atoms with Crippen molar-refractivity contribution in [2.75, 3.05) is 14.2 Å². The molecule has 2 aromatic rings. The monoisotopic (exact) mass is 301 g/mol. The van der Waals surface area contributed by atoms with E-state index in [4.69, 9.17) is 9.47 Å². The fourth-order valence-electron chi connectivity index (χ4n) is 2.27. The topological polar surface area (TPSA) is 44.3 Å². The third-order valence-electron chi connectivity index (χ3n) is 3.73. The number of methoxy groups -OCH3 is 2. The first-order valence-corrected chi connectivity index (χ1v) is 6.95. The normalized spacial score (nSPS) is 11.0. The van der Waals surface area contributed by atoms with E-state index in [9.17, 15) is 4.79 Å². The summed E-state index contributed by atoms with van der Waals surface area (Å²) in [5.74, 6) is 1.44. The third-order valence-corrected chi connectivity index (χ3v) is 3.73. The average Bonchev–Trinajstić information content (AvgIpc) is 2.54. The maximum Gasteiger partial charge on any atom is 0.498 e. The first kappa shape index (κ1) is 15.8. The maximum atomic E-state index is 12.1. The van der Waals surface area contributed by atoms with E-state index < -0.39 is 0 Å². The van der Waals surface area contributed by atoms with E-state index in [2.05, 4.69) is 0 Å². The zero-order valence-corrected chi connectivity index (χ0v) is 13.6. The Balaban J connectivity index is 2.53. The van der Waals surface area contributed by atoms with Crippen molar-refractivity contribution in [3.05, 3.63) is 51.7 Å². The molecule has 0 fully saturated rings. The third kappa shape index (κ3) is 2.88. The van der Waals surface area contributed by atoms with Gasteiger partial charge in [-0.3, -0.25) is 0 Å². The van der Waals surface area contributed by atoms with Crippen LogP contribution in [0.25, 0.3) is 12.2 Å². The number of benzene rings is 1. The molecule has 1 heterocycles. The lowest BCUT2D eigenvalue weighted by Crippen LogP contribution is -2.53. The lowest BCUT2D eigenvalue weighted by molar-refractivity contribution is -0.692. The number of hydrogen-bond donors (Lipinski definition) is 0. The van der Waals surface area contributed by atoms with Gasteiger partial charge in [-0.15, -0.1) is 0 Å². The smallest absolute Gasteiger partial charge is 0.496 e. The van der Waals surface area contributed by atoms with Gasteiger partial charge in [0.25, 0.3) is 0 Å². The van der Waals surface area contributed by atoms with E-state index in [0.717, 1.165) is 28.5 Å². The van der Waals surface area contributed by atoms with Gasteiger partial charge in [0.2, 0.25) is 0 Å². The molecule has 0 aliphatic rings. The van der Waals surface area contributed by atoms with Gasteiger partial charge in [-0.2, -0.15) is 13.9 Å². The Labute approximate surface area is 130 Å². The van der Waals surface area contributed by atoms with Crippen LogP contribution in [0.15, 0.2) is 29.1 Å². The Hall–Kier alpha value is -2.56. The van der Waals surface area contributed by atoms with Crippen molar-refractivity contribution in [2.45, 2.75) is 6.92 Å². The molecule has 0 saturated heterocycles. The summed E-state index contributed by atoms with van der Waals surface area (Å²) in [6.45, 7) is 1.91. The minimum atomic E-state index is -0.0633. The summed E-state index contributed by atoms with van der Waals surface area (Å²) in [6, 6.07) is 7.58. The zero-order chi connectivity index (χ0) is 16.3. The van der Waals surface area contributed by atoms with Crippen LogP contribution in [0.1, 0.15) is 17.0 Å². The highest BCUT2D eigenvalue weighted by Gasteiger charge is 2.12. The van der Waals surface area contributed by atoms with Crippen molar-refractivity contribution >= 4 is 12.2 Å². The van der Waals surface area contributed by atoms with Crippen molar-refractivity contribution in [3.8, 4) is 11.5 Å². The number of aromatic nitrogens is 2. The van der Waals surface area contributed by atoms with Gasteiger partial charge in [-0.1, -0.05) is 6.07 Å². The molecule has 116 valence electrons. The van der Waals surface area contributed by atoms with Crippen molar-refractivity contribution in [2.24, 2.45) is 14.1 Å². The molecule has 22 heavy (non-hydrogen) atoms. The minimum absolute atomic E-state index is 0.0633. The molecular formula is C17H21N2O3+. The van der Waals surface area contributed by atoms with E-state index in [0.29, 0.717) is 0 Å². The number of hydrogen-bond acceptors (Lipinski definition) is 3. The molecule has 0 bridgehead atoms. The van der Waals surface area contributed by atoms with Crippen molar-refractivity contribution in [3.63, 3.8) is 0 Å². The molecule has 5 heteroatoms. The molecule has 2 rings (SSSR count). The van der Waals surface area contributed by atoms with Gasteiger partial charge in [-0.25, -0.2) is 0 Å². The van der Waals surface area contributed by atoms with E-state index in [1.165, 1.54) is 0 Å². The first-order valence-electron chi connectivity index (χ1n) is 6.95. The van der Waals surface area contributed by atoms with Gasteiger partial charge >= 0.3 is 5.69 Å². The fourth-order valence-corrected chi connectivity index (χ4v) is 2.27. The molecule has 1 aromatic heterocycles. The van der Waals surface area contributed by atoms with Crippen molar-refractivity contribution in [1.82, 2.24) is 4.57 Å². The summed E-state index contributed by atoms with van der Waals surface area (Å²) in [6.07, 6.45) is 3.78. The molecule has 0 amide bonds. The lowest BCUT2D eigenvalue weighted by Gasteiger charge is -2.09. The van der Waals surface area contributed by atoms with Crippen molar-refractivity contribution < 1.29 is 14.0 Å². The van der Waals surface area contributed by atoms with Gasteiger partial charge in [0, 0.05) is 6.07 Å². The van der Waals surface area contributed by atoms with Crippen LogP contribution in [0, 0.1) is 6.92 Å². The van der Waals surface area contributed by atoms with Crippen molar-refractivity contribution in [1.29, 1.82) is 0 Å². The summed E-state index contributed by atoms with van der Waals surface area (Å²) >= 11 is 0. The van der Waals surface area contributed by atoms with Gasteiger partial charge in [0.05, 0.1) is 33.9 Å². The maximum absolute atomic E-state index is 12.1. The fraction of sp³-hybridized carbons (Fsp3) is 0.294. The highest BCUT2D eigenvalue weighted by Crippen LogP contribution is 2.29. The van der Waals surface area contributed by atoms with E-state index in [1.54, 1.807) is 37.4 Å². The highest BCUT2D eigenvalue weighted by atomic mass is 16.5. The molecule has 5 nitrogen and oxygen atoms in total. The van der Waals surface area contributed by atoms with Crippen LogP contribution in [0.3, 0.4) is 0 Å². The molecular weight excluding hydrogens is 280 g/mol. The first-order chi connectivity index (χ1) is 10.5. The summed E-state index contributed by atoms with van der Waals surface area (Å²) < 4.78 is 14.0. The molecule has 0 radical (unpaired) electrons. The molecule has 1 aromatic carbocycles. The van der Waals surface area contributed by atoms with Gasteiger partial charge in [0.15, 0.2) is 0 Å². The second-order valence-electron chi connectivity index (χ2n) is 5.02. The van der Waals surface area contributed by atoms with Crippen LogP contribution in [-0.4, -0.2) is 18.8 Å². The molecule has 0 N–H and O–H groups in total. The Morgan fingerprint density at radius 3 is 2.27 bits per heavy atom. The zero-order valence-electron chi connectivity index (χ0n) is 13.6. The van der Waals surface area contributed by atoms with Crippen LogP contribution < -0.4 is 19.7 Å². The Morgan fingerprint density at radius 2 is 1.73 bits per heavy atom. The summed E-state index contributed by atoms with van der Waals surface area (Å²) in [5.41, 5.74) is 2.49. The molecule has 0 aliphatic carbocycles. The SMILES string of the molecule is COc1cccc(OC)c1/C=C/c1cc(C)n(C)c(=O)[n+]1C. The van der Waals surface area contributed by atoms with Gasteiger partial charge in [0.1, 0.15) is 22.9 Å². The molecule has 0 aliphatic heterocycles. The van der Waals surface area contributed by atoms with E-state index in [-0.39, 0.29) is 5.69 Å². The molecule has 0 unspecified atom stereocenters. The van der Waals surface area contributed by atoms with Crippen LogP contribution in [0.5, 0.6) is 11.5 Å². The number of rotatable bonds is 4. The van der Waals surface area contributed by atoms with Crippen LogP contribution in [0.2, 0.25) is 0 Å². The standard InChI is InChI=1S/C17H21N2O3/c1-12-11-13(19(3)17(20)18(12)2)9-10-14-15(21-4)7-6-8-16(14)22-5/h6-11H,1-5H3/q+1/b10-9+. The minimum Gasteiger partial charge on any atom is -0.496 e. The second-order valence-corrected chi connectivity index (χ2v) is 5.02. The number of ether oxygens (including phenoxy) is 2. The molecule has 0 saturated carbocycles.